The fraction of sp³-hybridized carbons (Fsp3) is 0.810. The quantitative estimate of drug-likeness (QED) is 0.0261. The average molecular weight is 1240 g/mol. The number of carbonyl (C=O) groups excluding carboxylic acids is 1. The summed E-state index contributed by atoms with van der Waals surface area (Å²) in [5, 5.41) is 54.8. The molecule has 9 nitrogen and oxygen atoms in total. The van der Waals surface area contributed by atoms with Gasteiger partial charge in [0, 0.05) is 6.42 Å². The molecule has 1 aliphatic heterocycles. The Morgan fingerprint density at radius 1 is 0.398 bits per heavy atom. The molecule has 0 radical (unpaired) electrons. The molecule has 1 saturated heterocycles. The zero-order valence-corrected chi connectivity index (χ0v) is 57.5. The number of amides is 1. The predicted molar refractivity (Wildman–Crippen MR) is 378 cm³/mol. The highest BCUT2D eigenvalue weighted by Gasteiger charge is 2.44. The second kappa shape index (κ2) is 67.3. The fourth-order valence-electron chi connectivity index (χ4n) is 11.8. The molecule has 6 N–H and O–H groups in total. The van der Waals surface area contributed by atoms with Crippen molar-refractivity contribution in [2.45, 2.75) is 397 Å². The summed E-state index contributed by atoms with van der Waals surface area (Å²) in [6, 6.07) is -0.832. The molecule has 7 atom stereocenters. The monoisotopic (exact) mass is 1230 g/mol. The van der Waals surface area contributed by atoms with E-state index in [2.05, 4.69) is 92.1 Å². The van der Waals surface area contributed by atoms with Crippen LogP contribution < -0.4 is 5.32 Å². The van der Waals surface area contributed by atoms with Gasteiger partial charge in [0.1, 0.15) is 24.4 Å². The summed E-state index contributed by atoms with van der Waals surface area (Å²) in [5.41, 5.74) is 0. The molecule has 0 spiro atoms. The second-order valence-corrected chi connectivity index (χ2v) is 26.0. The first-order chi connectivity index (χ1) is 43.3. The van der Waals surface area contributed by atoms with Gasteiger partial charge in [0.25, 0.3) is 0 Å². The van der Waals surface area contributed by atoms with Crippen LogP contribution in [0.25, 0.3) is 0 Å². The third kappa shape index (κ3) is 55.0. The number of aliphatic hydroxyl groups is 5. The van der Waals surface area contributed by atoms with Crippen molar-refractivity contribution in [2.24, 2.45) is 0 Å². The lowest BCUT2D eigenvalue weighted by Crippen LogP contribution is -2.60. The van der Waals surface area contributed by atoms with Crippen molar-refractivity contribution < 1.29 is 39.8 Å². The number of allylic oxidation sites excluding steroid dienone is 13. The molecule has 512 valence electrons. The number of carbonyl (C=O) groups is 1. The van der Waals surface area contributed by atoms with Crippen molar-refractivity contribution >= 4 is 5.91 Å². The van der Waals surface area contributed by atoms with Crippen LogP contribution >= 0.6 is 0 Å². The number of aliphatic hydroxyl groups excluding tert-OH is 5. The first-order valence-corrected chi connectivity index (χ1v) is 37.8. The Bertz CT molecular complexity index is 1670. The van der Waals surface area contributed by atoms with E-state index in [4.69, 9.17) is 9.47 Å². The zero-order valence-electron chi connectivity index (χ0n) is 57.5. The SMILES string of the molecule is CC/C=C\C/C=C\C/C=C\C/C=C\CCCCCCCCCCCCCCCCCCCCCCCCC(=O)NC(COC1OC(CO)C(O)C(O)C1O)C(O)/C=C/CC/C=C/CC/C=C/CCCCCCCCCCCCCCCCCCCCCC. The van der Waals surface area contributed by atoms with E-state index < -0.39 is 49.5 Å². The average Bonchev–Trinajstić information content (AvgIpc) is 3.65. The molecule has 1 amide bonds. The van der Waals surface area contributed by atoms with Gasteiger partial charge >= 0.3 is 0 Å². The Morgan fingerprint density at radius 3 is 1.09 bits per heavy atom. The Morgan fingerprint density at radius 2 is 0.716 bits per heavy atom. The van der Waals surface area contributed by atoms with E-state index in [1.807, 2.05) is 6.08 Å². The lowest BCUT2D eigenvalue weighted by molar-refractivity contribution is -0.302. The smallest absolute Gasteiger partial charge is 0.220 e. The molecule has 1 heterocycles. The minimum atomic E-state index is -1.58. The maximum atomic E-state index is 13.1. The largest absolute Gasteiger partial charge is 0.394 e. The topological polar surface area (TPSA) is 149 Å². The molecule has 0 bridgehead atoms. The first-order valence-electron chi connectivity index (χ1n) is 37.8. The molecule has 1 fully saturated rings. The van der Waals surface area contributed by atoms with Crippen molar-refractivity contribution in [1.82, 2.24) is 5.32 Å². The predicted octanol–water partition coefficient (Wildman–Crippen LogP) is 21.3. The minimum absolute atomic E-state index is 0.186. The second-order valence-electron chi connectivity index (χ2n) is 26.0. The molecule has 1 rings (SSSR count). The Hall–Kier alpha value is -2.63. The molecule has 88 heavy (non-hydrogen) atoms. The van der Waals surface area contributed by atoms with Gasteiger partial charge in [0.05, 0.1) is 25.4 Å². The van der Waals surface area contributed by atoms with E-state index in [1.54, 1.807) is 6.08 Å². The number of rotatable bonds is 66. The lowest BCUT2D eigenvalue weighted by atomic mass is 9.99. The summed E-state index contributed by atoms with van der Waals surface area (Å²) in [6.45, 7) is 3.69. The summed E-state index contributed by atoms with van der Waals surface area (Å²) < 4.78 is 11.3. The van der Waals surface area contributed by atoms with Gasteiger partial charge < -0.3 is 40.3 Å². The van der Waals surface area contributed by atoms with Crippen LogP contribution in [-0.2, 0) is 14.3 Å². The molecule has 9 heteroatoms. The number of nitrogens with one attached hydrogen (secondary N) is 1. The summed E-state index contributed by atoms with van der Waals surface area (Å²) >= 11 is 0. The van der Waals surface area contributed by atoms with Crippen LogP contribution in [0.5, 0.6) is 0 Å². The molecular formula is C79H143NO8. The zero-order chi connectivity index (χ0) is 63.5. The minimum Gasteiger partial charge on any atom is -0.394 e. The molecular weight excluding hydrogens is 1090 g/mol. The summed E-state index contributed by atoms with van der Waals surface area (Å²) in [7, 11) is 0. The molecule has 0 saturated carbocycles. The third-order valence-electron chi connectivity index (χ3n) is 17.7. The highest BCUT2D eigenvalue weighted by Crippen LogP contribution is 2.23. The van der Waals surface area contributed by atoms with Crippen LogP contribution in [0.2, 0.25) is 0 Å². The molecule has 0 aromatic heterocycles. The van der Waals surface area contributed by atoms with E-state index >= 15 is 0 Å². The van der Waals surface area contributed by atoms with Gasteiger partial charge in [-0.25, -0.2) is 0 Å². The Labute approximate surface area is 543 Å². The van der Waals surface area contributed by atoms with Gasteiger partial charge in [-0.05, 0) is 83.5 Å². The van der Waals surface area contributed by atoms with Gasteiger partial charge in [-0.1, -0.05) is 349 Å². The van der Waals surface area contributed by atoms with Gasteiger partial charge in [-0.15, -0.1) is 0 Å². The van der Waals surface area contributed by atoms with Crippen molar-refractivity contribution in [3.05, 3.63) is 85.1 Å². The van der Waals surface area contributed by atoms with E-state index in [0.29, 0.717) is 6.42 Å². The maximum Gasteiger partial charge on any atom is 0.220 e. The van der Waals surface area contributed by atoms with E-state index in [-0.39, 0.29) is 12.5 Å². The van der Waals surface area contributed by atoms with Crippen LogP contribution in [0.15, 0.2) is 85.1 Å². The Balaban J connectivity index is 2.12. The van der Waals surface area contributed by atoms with E-state index in [1.165, 1.54) is 263 Å². The molecule has 0 aromatic carbocycles. The van der Waals surface area contributed by atoms with Crippen molar-refractivity contribution in [1.29, 1.82) is 0 Å². The van der Waals surface area contributed by atoms with Gasteiger partial charge in [0.15, 0.2) is 6.29 Å². The van der Waals surface area contributed by atoms with Crippen LogP contribution in [0.3, 0.4) is 0 Å². The summed E-state index contributed by atoms with van der Waals surface area (Å²) in [4.78, 5) is 13.1. The molecule has 0 aromatic rings. The van der Waals surface area contributed by atoms with Crippen LogP contribution in [0.1, 0.15) is 354 Å². The summed E-state index contributed by atoms with van der Waals surface area (Å²) in [5.74, 6) is -0.186. The highest BCUT2D eigenvalue weighted by molar-refractivity contribution is 5.76. The normalized spacial score (nSPS) is 18.4. The first kappa shape index (κ1) is 83.4. The van der Waals surface area contributed by atoms with Crippen LogP contribution in [-0.4, -0.2) is 87.5 Å². The molecule has 7 unspecified atom stereocenters. The van der Waals surface area contributed by atoms with E-state index in [9.17, 15) is 30.3 Å². The van der Waals surface area contributed by atoms with E-state index in [0.717, 1.165) is 70.6 Å². The van der Waals surface area contributed by atoms with Gasteiger partial charge in [-0.3, -0.25) is 4.79 Å². The number of hydrogen-bond donors (Lipinski definition) is 6. The van der Waals surface area contributed by atoms with Crippen molar-refractivity contribution in [3.63, 3.8) is 0 Å². The Kier molecular flexibility index (Phi) is 63.7. The third-order valence-corrected chi connectivity index (χ3v) is 17.7. The van der Waals surface area contributed by atoms with Gasteiger partial charge in [-0.2, -0.15) is 0 Å². The van der Waals surface area contributed by atoms with Crippen LogP contribution in [0.4, 0.5) is 0 Å². The highest BCUT2D eigenvalue weighted by atomic mass is 16.7. The van der Waals surface area contributed by atoms with Crippen LogP contribution in [0, 0.1) is 0 Å². The van der Waals surface area contributed by atoms with Crippen molar-refractivity contribution in [3.8, 4) is 0 Å². The van der Waals surface area contributed by atoms with Crippen molar-refractivity contribution in [2.75, 3.05) is 13.2 Å². The number of ether oxygens (including phenoxy) is 2. The lowest BCUT2D eigenvalue weighted by Gasteiger charge is -2.40. The number of hydrogen-bond acceptors (Lipinski definition) is 8. The van der Waals surface area contributed by atoms with Gasteiger partial charge in [0.2, 0.25) is 5.91 Å². The summed E-state index contributed by atoms with van der Waals surface area (Å²) in [6.07, 6.45) is 90.0. The standard InChI is InChI=1S/C79H143NO8/c1-3-5-7-9-11-13-15-17-19-21-23-25-27-29-31-33-35-36-37-38-39-41-43-45-47-49-51-53-55-57-59-61-63-65-67-69-75(83)80-72(71-87-79-78(86)77(85)76(84)74(70-81)88-79)73(82)68-66-64-62-60-58-56-54-52-50-48-46-44-42-40-34-32-30-28-26-24-22-20-18-16-14-12-10-8-6-4-2/h5,7,11,13,17,19,23,25,50,52,58,60,66,68,72-74,76-79,81-82,84-86H,3-4,6,8-10,12,14-16,18,20-22,24,26-49,51,53-57,59,61-65,67,69-71H2,1-2H3,(H,80,83)/b7-5-,13-11-,19-17-,25-23-,52-50+,60-58+,68-66+. The molecule has 1 aliphatic rings. The maximum absolute atomic E-state index is 13.1. The number of unbranched alkanes of at least 4 members (excludes halogenated alkanes) is 44. The fourth-order valence-corrected chi connectivity index (χ4v) is 11.8. The molecule has 0 aliphatic carbocycles.